The highest BCUT2D eigenvalue weighted by Gasteiger charge is 2.12. The largest absolute Gasteiger partial charge is 0.450 e. The van der Waals surface area contributed by atoms with E-state index < -0.39 is 5.43 Å². The quantitative estimate of drug-likeness (QED) is 0.0456. The Kier molecular flexibility index (Phi) is 33.8. The molecular weight excluding hydrogens is 524 g/mol. The molecule has 0 atom stereocenters. The molecule has 2 nitrogen and oxygen atoms in total. The first-order chi connectivity index (χ1) is 20.2. The number of hydrogen-bond acceptors (Lipinski definition) is 2. The standard InChI is InChI=1S/C38H67ClO2/c1-3-5-7-9-11-13-15-17-19-21-23-25-27-29-31-33-35-37(41-38(39)40)36-34-32-30-28-26-24-22-20-18-16-14-12-10-8-6-4-2/h11-14,17-20,37H,3-10,15-16,21-36H2,1-2H3. The van der Waals surface area contributed by atoms with Gasteiger partial charge in [0.1, 0.15) is 6.10 Å². The van der Waals surface area contributed by atoms with Crippen molar-refractivity contribution in [1.82, 2.24) is 0 Å². The zero-order valence-electron chi connectivity index (χ0n) is 27.3. The van der Waals surface area contributed by atoms with Gasteiger partial charge in [0.05, 0.1) is 0 Å². The molecule has 0 aliphatic heterocycles. The van der Waals surface area contributed by atoms with Gasteiger partial charge in [-0.15, -0.1) is 0 Å². The number of allylic oxidation sites excluding steroid dienone is 8. The van der Waals surface area contributed by atoms with E-state index >= 15 is 0 Å². The number of carbonyl (C=O) groups excluding carboxylic acids is 1. The van der Waals surface area contributed by atoms with E-state index in [0.717, 1.165) is 38.5 Å². The fourth-order valence-corrected chi connectivity index (χ4v) is 5.24. The Balaban J connectivity index is 3.63. The van der Waals surface area contributed by atoms with Gasteiger partial charge in [-0.05, 0) is 89.9 Å². The number of ether oxygens (including phenoxy) is 1. The molecule has 0 unspecified atom stereocenters. The van der Waals surface area contributed by atoms with Crippen LogP contribution in [-0.4, -0.2) is 11.5 Å². The molecule has 0 saturated carbocycles. The molecule has 3 heteroatoms. The molecule has 0 aliphatic rings. The predicted molar refractivity (Wildman–Crippen MR) is 184 cm³/mol. The van der Waals surface area contributed by atoms with E-state index in [1.54, 1.807) is 0 Å². The minimum absolute atomic E-state index is 0.00309. The van der Waals surface area contributed by atoms with E-state index in [1.165, 1.54) is 128 Å². The lowest BCUT2D eigenvalue weighted by atomic mass is 10.0. The first-order valence-corrected chi connectivity index (χ1v) is 18.0. The van der Waals surface area contributed by atoms with Crippen molar-refractivity contribution < 1.29 is 9.53 Å². The lowest BCUT2D eigenvalue weighted by molar-refractivity contribution is 0.106. The summed E-state index contributed by atoms with van der Waals surface area (Å²) in [5.74, 6) is 0. The zero-order valence-corrected chi connectivity index (χ0v) is 28.0. The summed E-state index contributed by atoms with van der Waals surface area (Å²) in [7, 11) is 0. The summed E-state index contributed by atoms with van der Waals surface area (Å²) < 4.78 is 5.40. The van der Waals surface area contributed by atoms with Crippen LogP contribution in [0.2, 0.25) is 0 Å². The fraction of sp³-hybridized carbons (Fsp3) is 0.763. The van der Waals surface area contributed by atoms with Gasteiger partial charge in [0.15, 0.2) is 0 Å². The molecule has 0 aliphatic carbocycles. The number of rotatable bonds is 31. The van der Waals surface area contributed by atoms with Crippen molar-refractivity contribution in [2.24, 2.45) is 0 Å². The molecule has 0 saturated heterocycles. The minimum atomic E-state index is -0.643. The Morgan fingerprint density at radius 3 is 1.15 bits per heavy atom. The molecule has 0 spiro atoms. The Morgan fingerprint density at radius 1 is 0.488 bits per heavy atom. The second-order valence-corrected chi connectivity index (χ2v) is 12.0. The van der Waals surface area contributed by atoms with Crippen molar-refractivity contribution in [2.75, 3.05) is 0 Å². The molecule has 0 rings (SSSR count). The van der Waals surface area contributed by atoms with E-state index in [0.29, 0.717) is 0 Å². The SMILES string of the molecule is CCCCCC=CCC=CCCCCCCCCC(CCCCCCCCC=CCC=CCCCCC)OC(=O)Cl. The smallest absolute Gasteiger partial charge is 0.404 e. The first kappa shape index (κ1) is 39.7. The van der Waals surface area contributed by atoms with Crippen LogP contribution in [0, 0.1) is 0 Å². The van der Waals surface area contributed by atoms with Crippen molar-refractivity contribution in [3.63, 3.8) is 0 Å². The van der Waals surface area contributed by atoms with Crippen molar-refractivity contribution in [1.29, 1.82) is 0 Å². The zero-order chi connectivity index (χ0) is 29.9. The van der Waals surface area contributed by atoms with Crippen LogP contribution in [0.25, 0.3) is 0 Å². The van der Waals surface area contributed by atoms with Crippen LogP contribution in [0.5, 0.6) is 0 Å². The minimum Gasteiger partial charge on any atom is -0.450 e. The molecular formula is C38H67ClO2. The monoisotopic (exact) mass is 590 g/mol. The van der Waals surface area contributed by atoms with Gasteiger partial charge in [0, 0.05) is 11.6 Å². The van der Waals surface area contributed by atoms with Crippen molar-refractivity contribution in [3.05, 3.63) is 48.6 Å². The molecule has 0 amide bonds. The summed E-state index contributed by atoms with van der Waals surface area (Å²) in [5, 5.41) is 0. The van der Waals surface area contributed by atoms with Crippen molar-refractivity contribution in [3.8, 4) is 0 Å². The number of halogens is 1. The van der Waals surface area contributed by atoms with Crippen LogP contribution in [0.3, 0.4) is 0 Å². The summed E-state index contributed by atoms with van der Waals surface area (Å²) in [5.41, 5.74) is -0.643. The molecule has 0 aromatic carbocycles. The molecule has 238 valence electrons. The Labute approximate surface area is 261 Å². The van der Waals surface area contributed by atoms with Gasteiger partial charge in [-0.1, -0.05) is 140 Å². The van der Waals surface area contributed by atoms with Crippen molar-refractivity contribution in [2.45, 2.75) is 187 Å². The third-order valence-corrected chi connectivity index (χ3v) is 7.80. The highest BCUT2D eigenvalue weighted by atomic mass is 35.5. The normalized spacial score (nSPS) is 13.0. The highest BCUT2D eigenvalue weighted by molar-refractivity contribution is 6.61. The van der Waals surface area contributed by atoms with E-state index in [2.05, 4.69) is 62.5 Å². The van der Waals surface area contributed by atoms with Crippen LogP contribution in [0.15, 0.2) is 48.6 Å². The highest BCUT2D eigenvalue weighted by Crippen LogP contribution is 2.18. The Hall–Kier alpha value is -1.28. The second kappa shape index (κ2) is 34.9. The van der Waals surface area contributed by atoms with Crippen LogP contribution in [0.1, 0.15) is 181 Å². The lowest BCUT2D eigenvalue weighted by Gasteiger charge is -2.16. The average Bonchev–Trinajstić information content (AvgIpc) is 2.96. The maximum atomic E-state index is 11.3. The predicted octanol–water partition coefficient (Wildman–Crippen LogP) is 14.1. The molecule has 0 radical (unpaired) electrons. The summed E-state index contributed by atoms with van der Waals surface area (Å²) in [6, 6.07) is 0. The Morgan fingerprint density at radius 2 is 0.805 bits per heavy atom. The second-order valence-electron chi connectivity index (χ2n) is 11.7. The van der Waals surface area contributed by atoms with Gasteiger partial charge in [0.25, 0.3) is 0 Å². The molecule has 0 aromatic heterocycles. The molecule has 0 heterocycles. The van der Waals surface area contributed by atoms with Gasteiger partial charge < -0.3 is 4.74 Å². The van der Waals surface area contributed by atoms with Gasteiger partial charge in [-0.25, -0.2) is 4.79 Å². The summed E-state index contributed by atoms with van der Waals surface area (Å²) in [4.78, 5) is 11.3. The average molecular weight is 591 g/mol. The van der Waals surface area contributed by atoms with Gasteiger partial charge in [0.2, 0.25) is 0 Å². The van der Waals surface area contributed by atoms with Gasteiger partial charge in [-0.3, -0.25) is 0 Å². The number of unbranched alkanes of at least 4 members (excludes halogenated alkanes) is 18. The lowest BCUT2D eigenvalue weighted by Crippen LogP contribution is -2.14. The van der Waals surface area contributed by atoms with Crippen LogP contribution in [0.4, 0.5) is 4.79 Å². The maximum absolute atomic E-state index is 11.3. The molecule has 0 aromatic rings. The molecule has 0 N–H and O–H groups in total. The van der Waals surface area contributed by atoms with Gasteiger partial charge in [-0.2, -0.15) is 0 Å². The van der Waals surface area contributed by atoms with E-state index in [4.69, 9.17) is 16.3 Å². The number of hydrogen-bond donors (Lipinski definition) is 0. The third kappa shape index (κ3) is 34.8. The van der Waals surface area contributed by atoms with E-state index in [-0.39, 0.29) is 6.10 Å². The van der Waals surface area contributed by atoms with E-state index in [9.17, 15) is 4.79 Å². The molecule has 0 fully saturated rings. The number of carbonyl (C=O) groups is 1. The summed E-state index contributed by atoms with van der Waals surface area (Å²) in [6.45, 7) is 4.51. The first-order valence-electron chi connectivity index (χ1n) is 17.7. The summed E-state index contributed by atoms with van der Waals surface area (Å²) >= 11 is 5.55. The van der Waals surface area contributed by atoms with Gasteiger partial charge >= 0.3 is 5.43 Å². The van der Waals surface area contributed by atoms with Crippen molar-refractivity contribution >= 4 is 17.0 Å². The van der Waals surface area contributed by atoms with Crippen LogP contribution >= 0.6 is 11.6 Å². The Bertz CT molecular complexity index is 601. The van der Waals surface area contributed by atoms with Crippen LogP contribution in [-0.2, 0) is 4.74 Å². The topological polar surface area (TPSA) is 26.3 Å². The molecule has 0 bridgehead atoms. The van der Waals surface area contributed by atoms with Crippen LogP contribution < -0.4 is 0 Å². The molecule has 41 heavy (non-hydrogen) atoms. The maximum Gasteiger partial charge on any atom is 0.404 e. The fourth-order valence-electron chi connectivity index (χ4n) is 5.11. The summed E-state index contributed by atoms with van der Waals surface area (Å²) in [6.07, 6.45) is 50.5. The van der Waals surface area contributed by atoms with E-state index in [1.807, 2.05) is 0 Å². The third-order valence-electron chi connectivity index (χ3n) is 7.71.